The van der Waals surface area contributed by atoms with E-state index in [-0.39, 0.29) is 12.0 Å². The number of aliphatic hydroxyl groups is 1. The van der Waals surface area contributed by atoms with E-state index >= 15 is 0 Å². The number of aliphatic hydroxyl groups excluding tert-OH is 1. The van der Waals surface area contributed by atoms with Gasteiger partial charge in [-0.2, -0.15) is 0 Å². The van der Waals surface area contributed by atoms with Crippen molar-refractivity contribution in [3.05, 3.63) is 0 Å². The highest BCUT2D eigenvalue weighted by Crippen LogP contribution is 2.38. The number of Topliss-reactive ketones (excluding diaryl/α,β-unsaturated/α-hetero) is 1. The molecule has 0 unspecified atom stereocenters. The van der Waals surface area contributed by atoms with E-state index in [4.69, 9.17) is 0 Å². The summed E-state index contributed by atoms with van der Waals surface area (Å²) in [5, 5.41) is 9.67. The molecule has 2 rings (SSSR count). The smallest absolute Gasteiger partial charge is 0.136 e. The molecular formula is C10H16O2. The molecular weight excluding hydrogens is 152 g/mol. The Morgan fingerprint density at radius 1 is 1.17 bits per heavy atom. The van der Waals surface area contributed by atoms with Gasteiger partial charge < -0.3 is 5.11 Å². The molecule has 2 fully saturated rings. The number of hydrogen-bond acceptors (Lipinski definition) is 2. The van der Waals surface area contributed by atoms with Crippen LogP contribution in [0.4, 0.5) is 0 Å². The van der Waals surface area contributed by atoms with Gasteiger partial charge in [0, 0.05) is 12.3 Å². The zero-order valence-corrected chi connectivity index (χ0v) is 7.33. The zero-order chi connectivity index (χ0) is 8.55. The van der Waals surface area contributed by atoms with Gasteiger partial charge in [0.25, 0.3) is 0 Å². The molecule has 12 heavy (non-hydrogen) atoms. The van der Waals surface area contributed by atoms with Crippen molar-refractivity contribution in [2.24, 2.45) is 11.8 Å². The van der Waals surface area contributed by atoms with Crippen molar-refractivity contribution in [1.29, 1.82) is 0 Å². The first-order valence-corrected chi connectivity index (χ1v) is 5.00. The molecule has 0 saturated heterocycles. The molecule has 0 spiro atoms. The van der Waals surface area contributed by atoms with Crippen LogP contribution >= 0.6 is 0 Å². The number of carbonyl (C=O) groups is 1. The summed E-state index contributed by atoms with van der Waals surface area (Å²) in [4.78, 5) is 11.5. The second-order valence-electron chi connectivity index (χ2n) is 4.13. The molecule has 2 nitrogen and oxygen atoms in total. The Labute approximate surface area is 73.0 Å². The molecule has 0 amide bonds. The van der Waals surface area contributed by atoms with Gasteiger partial charge in [-0.25, -0.2) is 0 Å². The lowest BCUT2D eigenvalue weighted by atomic mass is 9.69. The highest BCUT2D eigenvalue weighted by atomic mass is 16.3. The Morgan fingerprint density at radius 3 is 2.67 bits per heavy atom. The lowest BCUT2D eigenvalue weighted by Gasteiger charge is -2.37. The Morgan fingerprint density at radius 2 is 1.92 bits per heavy atom. The van der Waals surface area contributed by atoms with E-state index in [0.29, 0.717) is 24.5 Å². The SMILES string of the molecule is O=C1CC[C@@H](O)[C@H]2CCCC[C@@H]12. The zero-order valence-electron chi connectivity index (χ0n) is 7.33. The lowest BCUT2D eigenvalue weighted by Crippen LogP contribution is -2.40. The van der Waals surface area contributed by atoms with Gasteiger partial charge in [0.2, 0.25) is 0 Å². The monoisotopic (exact) mass is 168 g/mol. The van der Waals surface area contributed by atoms with E-state index < -0.39 is 0 Å². The number of hydrogen-bond donors (Lipinski definition) is 1. The lowest BCUT2D eigenvalue weighted by molar-refractivity contribution is -0.132. The minimum absolute atomic E-state index is 0.187. The van der Waals surface area contributed by atoms with Crippen molar-refractivity contribution in [2.45, 2.75) is 44.6 Å². The maximum Gasteiger partial charge on any atom is 0.136 e. The molecule has 0 heterocycles. The minimum Gasteiger partial charge on any atom is -0.393 e. The first-order chi connectivity index (χ1) is 5.79. The molecule has 0 radical (unpaired) electrons. The van der Waals surface area contributed by atoms with Gasteiger partial charge >= 0.3 is 0 Å². The van der Waals surface area contributed by atoms with Crippen LogP contribution in [0.25, 0.3) is 0 Å². The van der Waals surface area contributed by atoms with Crippen LogP contribution in [0, 0.1) is 11.8 Å². The van der Waals surface area contributed by atoms with Gasteiger partial charge in [-0.1, -0.05) is 12.8 Å². The molecule has 3 atom stereocenters. The van der Waals surface area contributed by atoms with Crippen molar-refractivity contribution < 1.29 is 9.90 Å². The summed E-state index contributed by atoms with van der Waals surface area (Å²) >= 11 is 0. The van der Waals surface area contributed by atoms with Crippen LogP contribution in [0.2, 0.25) is 0 Å². The normalized spacial score (nSPS) is 42.4. The van der Waals surface area contributed by atoms with Gasteiger partial charge in [0.15, 0.2) is 0 Å². The van der Waals surface area contributed by atoms with Gasteiger partial charge in [-0.15, -0.1) is 0 Å². The van der Waals surface area contributed by atoms with Crippen LogP contribution in [-0.2, 0) is 4.79 Å². The summed E-state index contributed by atoms with van der Waals surface area (Å²) in [6.07, 6.45) is 5.61. The Bertz CT molecular complexity index is 188. The van der Waals surface area contributed by atoms with Crippen LogP contribution < -0.4 is 0 Å². The van der Waals surface area contributed by atoms with Crippen LogP contribution in [-0.4, -0.2) is 17.0 Å². The molecule has 2 heteroatoms. The molecule has 0 aromatic heterocycles. The van der Waals surface area contributed by atoms with Gasteiger partial charge in [-0.05, 0) is 25.2 Å². The third-order valence-electron chi connectivity index (χ3n) is 3.41. The molecule has 0 aliphatic heterocycles. The average Bonchev–Trinajstić information content (AvgIpc) is 2.12. The van der Waals surface area contributed by atoms with E-state index in [9.17, 15) is 9.90 Å². The van der Waals surface area contributed by atoms with Crippen molar-refractivity contribution >= 4 is 5.78 Å². The average molecular weight is 168 g/mol. The highest BCUT2D eigenvalue weighted by Gasteiger charge is 2.38. The predicted molar refractivity (Wildman–Crippen MR) is 45.7 cm³/mol. The first-order valence-electron chi connectivity index (χ1n) is 5.00. The maximum atomic E-state index is 11.5. The second-order valence-corrected chi connectivity index (χ2v) is 4.13. The molecule has 1 N–H and O–H groups in total. The van der Waals surface area contributed by atoms with Gasteiger partial charge in [0.1, 0.15) is 5.78 Å². The number of carbonyl (C=O) groups excluding carboxylic acids is 1. The number of ketones is 1. The molecule has 2 aliphatic carbocycles. The second kappa shape index (κ2) is 3.17. The maximum absolute atomic E-state index is 11.5. The van der Waals surface area contributed by atoms with E-state index in [1.165, 1.54) is 12.8 Å². The number of fused-ring (bicyclic) bond motifs is 1. The summed E-state index contributed by atoms with van der Waals surface area (Å²) in [5.41, 5.74) is 0. The third kappa shape index (κ3) is 1.28. The molecule has 2 aliphatic rings. The summed E-state index contributed by atoms with van der Waals surface area (Å²) in [5.74, 6) is 0.924. The predicted octanol–water partition coefficient (Wildman–Crippen LogP) is 1.52. The molecule has 2 saturated carbocycles. The van der Waals surface area contributed by atoms with Crippen LogP contribution in [0.15, 0.2) is 0 Å². The molecule has 0 aromatic rings. The van der Waals surface area contributed by atoms with Crippen LogP contribution in [0.3, 0.4) is 0 Å². The Balaban J connectivity index is 2.11. The van der Waals surface area contributed by atoms with Gasteiger partial charge in [-0.3, -0.25) is 4.79 Å². The summed E-state index contributed by atoms with van der Waals surface area (Å²) in [6, 6.07) is 0. The standard InChI is InChI=1S/C10H16O2/c11-9-5-6-10(12)8-4-2-1-3-7(8)9/h7-9,11H,1-6H2/t7-,8+,9+/m0/s1. The Hall–Kier alpha value is -0.370. The first kappa shape index (κ1) is 8.24. The topological polar surface area (TPSA) is 37.3 Å². The third-order valence-corrected chi connectivity index (χ3v) is 3.41. The summed E-state index contributed by atoms with van der Waals surface area (Å²) < 4.78 is 0. The molecule has 0 aromatic carbocycles. The minimum atomic E-state index is -0.187. The van der Waals surface area contributed by atoms with E-state index in [1.807, 2.05) is 0 Å². The summed E-state index contributed by atoms with van der Waals surface area (Å²) in [7, 11) is 0. The van der Waals surface area contributed by atoms with E-state index in [0.717, 1.165) is 12.8 Å². The fourth-order valence-corrected chi connectivity index (χ4v) is 2.71. The van der Waals surface area contributed by atoms with Crippen LogP contribution in [0.1, 0.15) is 38.5 Å². The fraction of sp³-hybridized carbons (Fsp3) is 0.900. The molecule has 0 bridgehead atoms. The van der Waals surface area contributed by atoms with E-state index in [2.05, 4.69) is 0 Å². The van der Waals surface area contributed by atoms with Crippen molar-refractivity contribution in [2.75, 3.05) is 0 Å². The van der Waals surface area contributed by atoms with Gasteiger partial charge in [0.05, 0.1) is 6.10 Å². The van der Waals surface area contributed by atoms with Crippen LogP contribution in [0.5, 0.6) is 0 Å². The molecule has 68 valence electrons. The van der Waals surface area contributed by atoms with E-state index in [1.54, 1.807) is 0 Å². The number of rotatable bonds is 0. The Kier molecular flexibility index (Phi) is 2.18. The van der Waals surface area contributed by atoms with Crippen molar-refractivity contribution in [3.8, 4) is 0 Å². The van der Waals surface area contributed by atoms with Crippen molar-refractivity contribution in [1.82, 2.24) is 0 Å². The highest BCUT2D eigenvalue weighted by molar-refractivity contribution is 5.82. The largest absolute Gasteiger partial charge is 0.393 e. The van der Waals surface area contributed by atoms with Crippen molar-refractivity contribution in [3.63, 3.8) is 0 Å². The quantitative estimate of drug-likeness (QED) is 0.595. The summed E-state index contributed by atoms with van der Waals surface area (Å²) in [6.45, 7) is 0. The fourth-order valence-electron chi connectivity index (χ4n) is 2.71.